The molecule has 3 aromatic rings. The maximum Gasteiger partial charge on any atom is 0.222 e. The predicted molar refractivity (Wildman–Crippen MR) is 169 cm³/mol. The Balaban J connectivity index is 0.000000239. The summed E-state index contributed by atoms with van der Waals surface area (Å²) in [5.41, 5.74) is 6.18. The van der Waals surface area contributed by atoms with Crippen molar-refractivity contribution in [3.05, 3.63) is 102 Å². The summed E-state index contributed by atoms with van der Waals surface area (Å²) in [6, 6.07) is 19.9. The van der Waals surface area contributed by atoms with Crippen LogP contribution in [0.2, 0.25) is 0 Å². The van der Waals surface area contributed by atoms with Crippen LogP contribution in [0.25, 0.3) is 5.57 Å². The van der Waals surface area contributed by atoms with Gasteiger partial charge < -0.3 is 19.3 Å². The number of hydrogen-bond donors (Lipinski definition) is 0. The lowest BCUT2D eigenvalue weighted by molar-refractivity contribution is -0.131. The number of ether oxygens (including phenoxy) is 2. The Kier molecular flexibility index (Phi) is 11.7. The maximum atomic E-state index is 11.5. The molecule has 7 heteroatoms. The summed E-state index contributed by atoms with van der Waals surface area (Å²) in [4.78, 5) is 24.5. The number of nitrogens with zero attached hydrogens (tertiary/aromatic N) is 4. The number of benzene rings is 2. The van der Waals surface area contributed by atoms with Gasteiger partial charge in [0.2, 0.25) is 5.91 Å². The van der Waals surface area contributed by atoms with E-state index in [1.807, 2.05) is 85.6 Å². The number of methoxy groups -OCH3 is 2. The van der Waals surface area contributed by atoms with Crippen LogP contribution in [0.4, 0.5) is 5.82 Å². The van der Waals surface area contributed by atoms with Crippen LogP contribution in [0.1, 0.15) is 37.0 Å². The number of anilines is 1. The number of allylic oxidation sites excluding steroid dienone is 3. The van der Waals surface area contributed by atoms with E-state index < -0.39 is 0 Å². The van der Waals surface area contributed by atoms with Crippen molar-refractivity contribution in [2.45, 2.75) is 27.2 Å². The van der Waals surface area contributed by atoms with Gasteiger partial charge in [-0.25, -0.2) is 4.98 Å². The molecule has 0 spiro atoms. The van der Waals surface area contributed by atoms with E-state index in [9.17, 15) is 4.79 Å². The van der Waals surface area contributed by atoms with Crippen LogP contribution in [0.5, 0.6) is 11.5 Å². The summed E-state index contributed by atoms with van der Waals surface area (Å²) in [5.74, 6) is 2.94. The second-order valence-electron chi connectivity index (χ2n) is 9.80. The molecular formula is C34H42N4O3. The zero-order valence-electron chi connectivity index (χ0n) is 25.2. The minimum Gasteiger partial charge on any atom is -0.497 e. The summed E-state index contributed by atoms with van der Waals surface area (Å²) in [6.45, 7) is 13.6. The fourth-order valence-electron chi connectivity index (χ4n) is 4.53. The van der Waals surface area contributed by atoms with Crippen LogP contribution in [-0.2, 0) is 4.79 Å². The van der Waals surface area contributed by atoms with E-state index >= 15 is 0 Å². The fraction of sp³-hybridized carbons (Fsp3) is 0.324. The van der Waals surface area contributed by atoms with Crippen LogP contribution in [0, 0.1) is 6.92 Å². The molecule has 41 heavy (non-hydrogen) atoms. The standard InChI is InChI=1S/C21H23NO2.C13H19N3O/c1-15(17-6-10-19(23-4)11-7-17)14-16(2)21(22-3)18-8-12-20(24-5)13-9-18;1-3-13(17)16-8-6-15(7-9-16)12-5-4-11(2)10-14-12/h6-14H,2H2,1,3-5H3;4-5,10H,3,6-9H2,1-2H3/b15-14+,22-21?;. The van der Waals surface area contributed by atoms with Crippen LogP contribution in [-0.4, -0.2) is 68.9 Å². The Morgan fingerprint density at radius 1 is 0.927 bits per heavy atom. The van der Waals surface area contributed by atoms with E-state index in [-0.39, 0.29) is 5.91 Å². The smallest absolute Gasteiger partial charge is 0.222 e. The molecule has 2 aromatic carbocycles. The second-order valence-corrected chi connectivity index (χ2v) is 9.80. The van der Waals surface area contributed by atoms with Crippen molar-refractivity contribution >= 4 is 23.0 Å². The number of aromatic nitrogens is 1. The zero-order chi connectivity index (χ0) is 29.8. The molecule has 1 aliphatic heterocycles. The molecule has 0 radical (unpaired) electrons. The molecule has 1 fully saturated rings. The van der Waals surface area contributed by atoms with Crippen molar-refractivity contribution in [2.75, 3.05) is 52.3 Å². The highest BCUT2D eigenvalue weighted by molar-refractivity contribution is 6.14. The number of aliphatic imine (C=N–C) groups is 1. The third-order valence-electron chi connectivity index (χ3n) is 6.98. The van der Waals surface area contributed by atoms with Crippen LogP contribution in [0.15, 0.2) is 90.1 Å². The van der Waals surface area contributed by atoms with Crippen molar-refractivity contribution in [1.82, 2.24) is 9.88 Å². The molecule has 0 bridgehead atoms. The third kappa shape index (κ3) is 8.80. The molecule has 1 amide bonds. The van der Waals surface area contributed by atoms with E-state index in [4.69, 9.17) is 9.47 Å². The van der Waals surface area contributed by atoms with Crippen LogP contribution in [0.3, 0.4) is 0 Å². The Hall–Kier alpha value is -4.39. The fourth-order valence-corrected chi connectivity index (χ4v) is 4.53. The van der Waals surface area contributed by atoms with E-state index in [1.165, 1.54) is 5.56 Å². The average Bonchev–Trinajstić information content (AvgIpc) is 3.02. The van der Waals surface area contributed by atoms with E-state index in [1.54, 1.807) is 21.3 Å². The summed E-state index contributed by atoms with van der Waals surface area (Å²) < 4.78 is 10.4. The molecule has 0 aliphatic carbocycles. The number of pyridine rings is 1. The highest BCUT2D eigenvalue weighted by Gasteiger charge is 2.20. The molecule has 0 N–H and O–H groups in total. The number of rotatable bonds is 8. The Labute approximate surface area is 244 Å². The van der Waals surface area contributed by atoms with Crippen LogP contribution < -0.4 is 14.4 Å². The Bertz CT molecular complexity index is 1340. The van der Waals surface area contributed by atoms with Crippen molar-refractivity contribution < 1.29 is 14.3 Å². The first-order valence-corrected chi connectivity index (χ1v) is 13.9. The van der Waals surface area contributed by atoms with Crippen molar-refractivity contribution in [2.24, 2.45) is 4.99 Å². The summed E-state index contributed by atoms with van der Waals surface area (Å²) in [6.07, 6.45) is 4.54. The van der Waals surface area contributed by atoms with E-state index in [0.29, 0.717) is 6.42 Å². The monoisotopic (exact) mass is 554 g/mol. The second kappa shape index (κ2) is 15.4. The minimum absolute atomic E-state index is 0.251. The first kappa shape index (κ1) is 31.1. The van der Waals surface area contributed by atoms with E-state index in [0.717, 1.165) is 71.5 Å². The van der Waals surface area contributed by atoms with Gasteiger partial charge in [0.25, 0.3) is 0 Å². The van der Waals surface area contributed by atoms with Gasteiger partial charge in [-0.1, -0.05) is 31.7 Å². The topological polar surface area (TPSA) is 67.3 Å². The normalized spacial score (nSPS) is 13.7. The van der Waals surface area contributed by atoms with Gasteiger partial charge in [-0.05, 0) is 84.7 Å². The van der Waals surface area contributed by atoms with Gasteiger partial charge in [0.05, 0.1) is 19.9 Å². The highest BCUT2D eigenvalue weighted by Crippen LogP contribution is 2.22. The zero-order valence-corrected chi connectivity index (χ0v) is 25.2. The lowest BCUT2D eigenvalue weighted by atomic mass is 9.99. The van der Waals surface area contributed by atoms with Gasteiger partial charge >= 0.3 is 0 Å². The van der Waals surface area contributed by atoms with Gasteiger partial charge in [0.15, 0.2) is 0 Å². The molecular weight excluding hydrogens is 512 g/mol. The third-order valence-corrected chi connectivity index (χ3v) is 6.98. The number of hydrogen-bond acceptors (Lipinski definition) is 6. The van der Waals surface area contributed by atoms with Crippen molar-refractivity contribution in [1.29, 1.82) is 0 Å². The van der Waals surface area contributed by atoms with Gasteiger partial charge in [-0.2, -0.15) is 0 Å². The molecule has 216 valence electrons. The molecule has 2 heterocycles. The molecule has 4 rings (SSSR count). The summed E-state index contributed by atoms with van der Waals surface area (Å²) >= 11 is 0. The molecule has 0 atom stereocenters. The summed E-state index contributed by atoms with van der Waals surface area (Å²) in [7, 11) is 5.10. The van der Waals surface area contributed by atoms with Gasteiger partial charge in [-0.3, -0.25) is 9.79 Å². The molecule has 1 aromatic heterocycles. The van der Waals surface area contributed by atoms with Gasteiger partial charge in [0, 0.05) is 51.4 Å². The SMILES string of the molecule is C=C(/C=C(\C)c1ccc(OC)cc1)C(=NC)c1ccc(OC)cc1.CCC(=O)N1CCN(c2ccc(C)cn2)CC1. The Morgan fingerprint density at radius 3 is 1.95 bits per heavy atom. The largest absolute Gasteiger partial charge is 0.497 e. The van der Waals surface area contributed by atoms with Crippen molar-refractivity contribution in [3.8, 4) is 11.5 Å². The van der Waals surface area contributed by atoms with Crippen LogP contribution >= 0.6 is 0 Å². The highest BCUT2D eigenvalue weighted by atomic mass is 16.5. The first-order chi connectivity index (χ1) is 19.8. The quantitative estimate of drug-likeness (QED) is 0.244. The molecule has 0 saturated carbocycles. The lowest BCUT2D eigenvalue weighted by Gasteiger charge is -2.35. The molecule has 0 unspecified atom stereocenters. The number of aryl methyl sites for hydroxylation is 1. The number of carbonyl (C=O) groups is 1. The number of piperazine rings is 1. The lowest BCUT2D eigenvalue weighted by Crippen LogP contribution is -2.48. The van der Waals surface area contributed by atoms with Gasteiger partial charge in [0.1, 0.15) is 17.3 Å². The maximum absolute atomic E-state index is 11.5. The predicted octanol–water partition coefficient (Wildman–Crippen LogP) is 6.23. The number of carbonyl (C=O) groups excluding carboxylic acids is 1. The van der Waals surface area contributed by atoms with Gasteiger partial charge in [-0.15, -0.1) is 0 Å². The number of amides is 1. The Morgan fingerprint density at radius 2 is 1.49 bits per heavy atom. The molecule has 7 nitrogen and oxygen atoms in total. The molecule has 1 saturated heterocycles. The van der Waals surface area contributed by atoms with E-state index in [2.05, 4.69) is 34.4 Å². The first-order valence-electron chi connectivity index (χ1n) is 13.9. The molecule has 1 aliphatic rings. The van der Waals surface area contributed by atoms with Crippen molar-refractivity contribution in [3.63, 3.8) is 0 Å². The average molecular weight is 555 g/mol. The summed E-state index contributed by atoms with van der Waals surface area (Å²) in [5, 5.41) is 0. The minimum atomic E-state index is 0.251.